The van der Waals surface area contributed by atoms with Gasteiger partial charge in [-0.15, -0.1) is 0 Å². The molecule has 0 aliphatic carbocycles. The second kappa shape index (κ2) is 6.61. The maximum absolute atomic E-state index is 2.24. The Bertz CT molecular complexity index is 341. The van der Waals surface area contributed by atoms with Crippen LogP contribution >= 0.6 is 0 Å². The molecule has 0 nitrogen and oxygen atoms in total. The van der Waals surface area contributed by atoms with E-state index in [2.05, 4.69) is 67.6 Å². The zero-order valence-corrected chi connectivity index (χ0v) is 12.5. The van der Waals surface area contributed by atoms with Gasteiger partial charge in [0.1, 0.15) is 0 Å². The predicted molar refractivity (Wildman–Crippen MR) is 66.2 cm³/mol. The SMILES string of the molecule is CC(c1ccccc1)c1ccccc1.[K]. The minimum absolute atomic E-state index is 0. The van der Waals surface area contributed by atoms with Gasteiger partial charge in [0.15, 0.2) is 0 Å². The molecule has 0 saturated heterocycles. The molecule has 0 unspecified atom stereocenters. The number of hydrogen-bond acceptors (Lipinski definition) is 0. The number of benzene rings is 2. The van der Waals surface area contributed by atoms with Crippen LogP contribution < -0.4 is 0 Å². The summed E-state index contributed by atoms with van der Waals surface area (Å²) in [5, 5.41) is 0. The molecule has 2 aromatic rings. The first-order valence-corrected chi connectivity index (χ1v) is 4.98. The van der Waals surface area contributed by atoms with Crippen LogP contribution in [-0.4, -0.2) is 51.4 Å². The molecular weight excluding hydrogens is 207 g/mol. The van der Waals surface area contributed by atoms with E-state index in [1.165, 1.54) is 11.1 Å². The summed E-state index contributed by atoms with van der Waals surface area (Å²) >= 11 is 0. The number of hydrogen-bond donors (Lipinski definition) is 0. The van der Waals surface area contributed by atoms with Crippen LogP contribution in [0.15, 0.2) is 60.7 Å². The average molecular weight is 221 g/mol. The Hall–Kier alpha value is 0.0764. The second-order valence-corrected chi connectivity index (χ2v) is 3.54. The summed E-state index contributed by atoms with van der Waals surface area (Å²) in [7, 11) is 0. The van der Waals surface area contributed by atoms with Crippen molar-refractivity contribution in [3.05, 3.63) is 71.8 Å². The molecular formula is C14H14K. The van der Waals surface area contributed by atoms with E-state index in [1.807, 2.05) is 0 Å². The second-order valence-electron chi connectivity index (χ2n) is 3.54. The standard InChI is InChI=1S/C14H14.K/c1-12(13-8-4-2-5-9-13)14-10-6-3-7-11-14;/h2-12H,1H3;. The van der Waals surface area contributed by atoms with Gasteiger partial charge in [-0.25, -0.2) is 0 Å². The Morgan fingerprint density at radius 2 is 1.00 bits per heavy atom. The van der Waals surface area contributed by atoms with Crippen molar-refractivity contribution >= 4 is 51.4 Å². The topological polar surface area (TPSA) is 0 Å². The summed E-state index contributed by atoms with van der Waals surface area (Å²) in [4.78, 5) is 0. The van der Waals surface area contributed by atoms with E-state index >= 15 is 0 Å². The molecule has 71 valence electrons. The molecule has 0 bridgehead atoms. The normalized spacial score (nSPS) is 9.73. The van der Waals surface area contributed by atoms with E-state index in [0.717, 1.165) is 0 Å². The Morgan fingerprint density at radius 1 is 0.667 bits per heavy atom. The van der Waals surface area contributed by atoms with Crippen molar-refractivity contribution < 1.29 is 0 Å². The van der Waals surface area contributed by atoms with Crippen LogP contribution in [0, 0.1) is 0 Å². The molecule has 0 heterocycles. The summed E-state index contributed by atoms with van der Waals surface area (Å²) in [5.41, 5.74) is 2.75. The van der Waals surface area contributed by atoms with E-state index in [9.17, 15) is 0 Å². The molecule has 0 fully saturated rings. The van der Waals surface area contributed by atoms with Gasteiger partial charge in [-0.2, -0.15) is 0 Å². The van der Waals surface area contributed by atoms with Gasteiger partial charge in [-0.1, -0.05) is 67.6 Å². The van der Waals surface area contributed by atoms with Crippen LogP contribution in [0.5, 0.6) is 0 Å². The van der Waals surface area contributed by atoms with Crippen molar-refractivity contribution in [3.8, 4) is 0 Å². The van der Waals surface area contributed by atoms with Gasteiger partial charge >= 0.3 is 0 Å². The monoisotopic (exact) mass is 221 g/mol. The third-order valence-electron chi connectivity index (χ3n) is 2.60. The largest absolute Gasteiger partial charge is 0.0622 e. The van der Waals surface area contributed by atoms with E-state index < -0.39 is 0 Å². The fourth-order valence-electron chi connectivity index (χ4n) is 1.68. The third kappa shape index (κ3) is 3.54. The maximum Gasteiger partial charge on any atom is 0.00610 e. The van der Waals surface area contributed by atoms with Crippen LogP contribution in [0.4, 0.5) is 0 Å². The van der Waals surface area contributed by atoms with Gasteiger partial charge in [0, 0.05) is 57.3 Å². The number of rotatable bonds is 2. The van der Waals surface area contributed by atoms with Gasteiger partial charge in [-0.05, 0) is 11.1 Å². The summed E-state index contributed by atoms with van der Waals surface area (Å²) in [6, 6.07) is 21.2. The third-order valence-corrected chi connectivity index (χ3v) is 2.60. The molecule has 0 N–H and O–H groups in total. The van der Waals surface area contributed by atoms with Gasteiger partial charge in [-0.3, -0.25) is 0 Å². The first-order chi connectivity index (χ1) is 6.88. The Labute approximate surface area is 134 Å². The minimum Gasteiger partial charge on any atom is -0.0622 e. The predicted octanol–water partition coefficient (Wildman–Crippen LogP) is 3.46. The molecule has 0 saturated carbocycles. The first kappa shape index (κ1) is 13.1. The van der Waals surface area contributed by atoms with Crippen molar-refractivity contribution in [2.45, 2.75) is 12.8 Å². The summed E-state index contributed by atoms with van der Waals surface area (Å²) in [6.07, 6.45) is 0. The zero-order valence-electron chi connectivity index (χ0n) is 9.35. The van der Waals surface area contributed by atoms with Gasteiger partial charge in [0.05, 0.1) is 0 Å². The Kier molecular flexibility index (Phi) is 5.80. The fraction of sp³-hybridized carbons (Fsp3) is 0.143. The molecule has 2 aromatic carbocycles. The average Bonchev–Trinajstić information content (AvgIpc) is 2.30. The molecule has 1 radical (unpaired) electrons. The summed E-state index contributed by atoms with van der Waals surface area (Å²) in [5.74, 6) is 0.484. The maximum atomic E-state index is 2.24. The molecule has 0 amide bonds. The van der Waals surface area contributed by atoms with Crippen molar-refractivity contribution in [1.82, 2.24) is 0 Å². The van der Waals surface area contributed by atoms with Crippen LogP contribution in [-0.2, 0) is 0 Å². The molecule has 2 rings (SSSR count). The van der Waals surface area contributed by atoms with Crippen LogP contribution in [0.2, 0.25) is 0 Å². The molecule has 0 aliphatic heterocycles. The van der Waals surface area contributed by atoms with Crippen LogP contribution in [0.1, 0.15) is 24.0 Å². The fourth-order valence-corrected chi connectivity index (χ4v) is 1.68. The molecule has 0 aliphatic rings. The van der Waals surface area contributed by atoms with Gasteiger partial charge in [0.25, 0.3) is 0 Å². The van der Waals surface area contributed by atoms with Crippen LogP contribution in [0.25, 0.3) is 0 Å². The van der Waals surface area contributed by atoms with Crippen molar-refractivity contribution in [3.63, 3.8) is 0 Å². The molecule has 0 aromatic heterocycles. The molecule has 0 spiro atoms. The van der Waals surface area contributed by atoms with Crippen molar-refractivity contribution in [2.75, 3.05) is 0 Å². The van der Waals surface area contributed by atoms with E-state index in [-0.39, 0.29) is 51.4 Å². The van der Waals surface area contributed by atoms with E-state index in [0.29, 0.717) is 5.92 Å². The Morgan fingerprint density at radius 3 is 1.33 bits per heavy atom. The van der Waals surface area contributed by atoms with Gasteiger partial charge in [0.2, 0.25) is 0 Å². The molecule has 0 atom stereocenters. The molecule has 15 heavy (non-hydrogen) atoms. The van der Waals surface area contributed by atoms with Crippen molar-refractivity contribution in [1.29, 1.82) is 0 Å². The van der Waals surface area contributed by atoms with Crippen LogP contribution in [0.3, 0.4) is 0 Å². The smallest absolute Gasteiger partial charge is 0.00610 e. The van der Waals surface area contributed by atoms with Crippen molar-refractivity contribution in [2.24, 2.45) is 0 Å². The quantitative estimate of drug-likeness (QED) is 0.681. The zero-order chi connectivity index (χ0) is 9.80. The first-order valence-electron chi connectivity index (χ1n) is 4.98. The van der Waals surface area contributed by atoms with E-state index in [1.54, 1.807) is 0 Å². The summed E-state index contributed by atoms with van der Waals surface area (Å²) < 4.78 is 0. The van der Waals surface area contributed by atoms with Gasteiger partial charge < -0.3 is 0 Å². The minimum atomic E-state index is 0. The molecule has 1 heteroatoms. The van der Waals surface area contributed by atoms with E-state index in [4.69, 9.17) is 0 Å². The summed E-state index contributed by atoms with van der Waals surface area (Å²) in [6.45, 7) is 2.24. The Balaban J connectivity index is 0.00000112.